The minimum absolute atomic E-state index is 0.0558. The third-order valence-electron chi connectivity index (χ3n) is 3.98. The van der Waals surface area contributed by atoms with E-state index in [-0.39, 0.29) is 17.7 Å². The first-order chi connectivity index (χ1) is 10.2. The molecule has 0 aromatic heterocycles. The van der Waals surface area contributed by atoms with Crippen LogP contribution in [-0.2, 0) is 9.53 Å². The van der Waals surface area contributed by atoms with Gasteiger partial charge >= 0.3 is 5.97 Å². The van der Waals surface area contributed by atoms with Gasteiger partial charge in [0.25, 0.3) is 0 Å². The van der Waals surface area contributed by atoms with E-state index in [0.717, 1.165) is 19.3 Å². The highest BCUT2D eigenvalue weighted by Crippen LogP contribution is 2.32. The monoisotopic (exact) mass is 290 g/mol. The van der Waals surface area contributed by atoms with Crippen molar-refractivity contribution < 1.29 is 14.3 Å². The van der Waals surface area contributed by atoms with Gasteiger partial charge in [0.05, 0.1) is 17.9 Å². The Bertz CT molecular complexity index is 516. The quantitative estimate of drug-likeness (QED) is 0.814. The van der Waals surface area contributed by atoms with Crippen LogP contribution in [0.5, 0.6) is 0 Å². The number of benzene rings is 1. The number of hydrogen-bond acceptors (Lipinski definition) is 4. The summed E-state index contributed by atoms with van der Waals surface area (Å²) in [6.45, 7) is 2.58. The molecule has 2 unspecified atom stereocenters. The number of nitrogens with one attached hydrogen (secondary N) is 1. The molecule has 0 aliphatic heterocycles. The van der Waals surface area contributed by atoms with Crippen LogP contribution in [0.1, 0.15) is 36.5 Å². The number of anilines is 1. The highest BCUT2D eigenvalue weighted by Gasteiger charge is 2.32. The molecule has 0 radical (unpaired) electrons. The van der Waals surface area contributed by atoms with E-state index >= 15 is 0 Å². The second-order valence-corrected chi connectivity index (χ2v) is 5.29. The number of para-hydroxylation sites is 1. The molecule has 1 aliphatic carbocycles. The summed E-state index contributed by atoms with van der Waals surface area (Å²) in [5.41, 5.74) is 6.61. The number of amides is 1. The van der Waals surface area contributed by atoms with E-state index in [4.69, 9.17) is 10.5 Å². The lowest BCUT2D eigenvalue weighted by Gasteiger charge is -2.18. The number of ether oxygens (including phenoxy) is 1. The van der Waals surface area contributed by atoms with Gasteiger partial charge in [0.1, 0.15) is 0 Å². The minimum Gasteiger partial charge on any atom is -0.462 e. The predicted octanol–water partition coefficient (Wildman–Crippen LogP) is 2.18. The van der Waals surface area contributed by atoms with Crippen LogP contribution < -0.4 is 11.1 Å². The molecule has 1 amide bonds. The highest BCUT2D eigenvalue weighted by atomic mass is 16.5. The zero-order chi connectivity index (χ0) is 15.2. The normalized spacial score (nSPS) is 21.0. The summed E-state index contributed by atoms with van der Waals surface area (Å²) >= 11 is 0. The molecular weight excluding hydrogens is 268 g/mol. The van der Waals surface area contributed by atoms with Crippen molar-refractivity contribution in [3.8, 4) is 0 Å². The SMILES string of the molecule is CCOC(=O)c1ccccc1NC(=O)C1CCCC1CN. The average molecular weight is 290 g/mol. The summed E-state index contributed by atoms with van der Waals surface area (Å²) < 4.78 is 5.01. The first-order valence-corrected chi connectivity index (χ1v) is 7.44. The maximum atomic E-state index is 12.4. The largest absolute Gasteiger partial charge is 0.462 e. The van der Waals surface area contributed by atoms with Gasteiger partial charge in [-0.25, -0.2) is 4.79 Å². The molecule has 0 saturated heterocycles. The Labute approximate surface area is 124 Å². The predicted molar refractivity (Wildman–Crippen MR) is 80.9 cm³/mol. The summed E-state index contributed by atoms with van der Waals surface area (Å²) in [4.78, 5) is 24.3. The third-order valence-corrected chi connectivity index (χ3v) is 3.98. The maximum Gasteiger partial charge on any atom is 0.340 e. The number of rotatable bonds is 5. The van der Waals surface area contributed by atoms with Crippen LogP contribution in [0.3, 0.4) is 0 Å². The highest BCUT2D eigenvalue weighted by molar-refractivity contribution is 6.02. The third kappa shape index (κ3) is 3.61. The molecule has 21 heavy (non-hydrogen) atoms. The Morgan fingerprint density at radius 1 is 1.33 bits per heavy atom. The van der Waals surface area contributed by atoms with E-state index in [1.807, 2.05) is 0 Å². The van der Waals surface area contributed by atoms with Gasteiger partial charge in [-0.15, -0.1) is 0 Å². The topological polar surface area (TPSA) is 81.4 Å². The first kappa shape index (κ1) is 15.5. The summed E-state index contributed by atoms with van der Waals surface area (Å²) in [6, 6.07) is 6.91. The van der Waals surface area contributed by atoms with Crippen molar-refractivity contribution in [3.05, 3.63) is 29.8 Å². The van der Waals surface area contributed by atoms with Crippen molar-refractivity contribution in [2.45, 2.75) is 26.2 Å². The molecule has 0 heterocycles. The molecule has 3 N–H and O–H groups in total. The molecule has 2 rings (SSSR count). The van der Waals surface area contributed by atoms with Gasteiger partial charge in [-0.2, -0.15) is 0 Å². The Balaban J connectivity index is 2.12. The second kappa shape index (κ2) is 7.22. The molecule has 1 aromatic carbocycles. The zero-order valence-electron chi connectivity index (χ0n) is 12.3. The van der Waals surface area contributed by atoms with Crippen molar-refractivity contribution >= 4 is 17.6 Å². The Morgan fingerprint density at radius 3 is 2.81 bits per heavy atom. The van der Waals surface area contributed by atoms with Crippen LogP contribution in [0.4, 0.5) is 5.69 Å². The molecule has 114 valence electrons. The zero-order valence-corrected chi connectivity index (χ0v) is 12.3. The molecule has 5 heteroatoms. The van der Waals surface area contributed by atoms with Crippen LogP contribution in [-0.4, -0.2) is 25.0 Å². The van der Waals surface area contributed by atoms with Crippen molar-refractivity contribution in [2.24, 2.45) is 17.6 Å². The lowest BCUT2D eigenvalue weighted by Crippen LogP contribution is -2.30. The first-order valence-electron chi connectivity index (χ1n) is 7.44. The Kier molecular flexibility index (Phi) is 5.33. The summed E-state index contributed by atoms with van der Waals surface area (Å²) in [6.07, 6.45) is 2.88. The molecular formula is C16H22N2O3. The van der Waals surface area contributed by atoms with E-state index in [1.54, 1.807) is 31.2 Å². The summed E-state index contributed by atoms with van der Waals surface area (Å²) in [5, 5.41) is 2.86. The fourth-order valence-corrected chi connectivity index (χ4v) is 2.87. The summed E-state index contributed by atoms with van der Waals surface area (Å²) in [5.74, 6) is -0.306. The van der Waals surface area contributed by atoms with Crippen LogP contribution in [0.15, 0.2) is 24.3 Å². The number of nitrogens with two attached hydrogens (primary N) is 1. The van der Waals surface area contributed by atoms with Crippen LogP contribution >= 0.6 is 0 Å². The molecule has 1 saturated carbocycles. The fourth-order valence-electron chi connectivity index (χ4n) is 2.87. The molecule has 0 bridgehead atoms. The van der Waals surface area contributed by atoms with Crippen molar-refractivity contribution in [1.29, 1.82) is 0 Å². The lowest BCUT2D eigenvalue weighted by atomic mass is 9.95. The molecule has 2 atom stereocenters. The molecule has 1 fully saturated rings. The van der Waals surface area contributed by atoms with Crippen molar-refractivity contribution in [2.75, 3.05) is 18.5 Å². The standard InChI is InChI=1S/C16H22N2O3/c1-2-21-16(20)13-7-3-4-9-14(13)18-15(19)12-8-5-6-11(12)10-17/h3-4,7,9,11-12H,2,5-6,8,10,17H2,1H3,(H,18,19). The van der Waals surface area contributed by atoms with E-state index in [9.17, 15) is 9.59 Å². The minimum atomic E-state index is -0.421. The smallest absolute Gasteiger partial charge is 0.340 e. The number of carbonyl (C=O) groups is 2. The molecule has 0 spiro atoms. The van der Waals surface area contributed by atoms with E-state index in [2.05, 4.69) is 5.32 Å². The van der Waals surface area contributed by atoms with Gasteiger partial charge in [0.2, 0.25) is 5.91 Å². The fraction of sp³-hybridized carbons (Fsp3) is 0.500. The van der Waals surface area contributed by atoms with Gasteiger partial charge in [0.15, 0.2) is 0 Å². The van der Waals surface area contributed by atoms with Crippen LogP contribution in [0.2, 0.25) is 0 Å². The lowest BCUT2D eigenvalue weighted by molar-refractivity contribution is -0.120. The van der Waals surface area contributed by atoms with Gasteiger partial charge in [0, 0.05) is 5.92 Å². The Hall–Kier alpha value is -1.88. The van der Waals surface area contributed by atoms with E-state index in [1.165, 1.54) is 0 Å². The Morgan fingerprint density at radius 2 is 2.10 bits per heavy atom. The van der Waals surface area contributed by atoms with Gasteiger partial charge in [-0.05, 0) is 44.4 Å². The average Bonchev–Trinajstić information content (AvgIpc) is 2.96. The van der Waals surface area contributed by atoms with Gasteiger partial charge < -0.3 is 15.8 Å². The maximum absolute atomic E-state index is 12.4. The second-order valence-electron chi connectivity index (χ2n) is 5.29. The molecule has 1 aromatic rings. The number of carbonyl (C=O) groups excluding carboxylic acids is 2. The van der Waals surface area contributed by atoms with E-state index < -0.39 is 5.97 Å². The van der Waals surface area contributed by atoms with E-state index in [0.29, 0.717) is 24.4 Å². The van der Waals surface area contributed by atoms with Crippen molar-refractivity contribution in [1.82, 2.24) is 0 Å². The summed E-state index contributed by atoms with van der Waals surface area (Å²) in [7, 11) is 0. The number of esters is 1. The van der Waals surface area contributed by atoms with Crippen LogP contribution in [0, 0.1) is 11.8 Å². The number of hydrogen-bond donors (Lipinski definition) is 2. The van der Waals surface area contributed by atoms with Crippen molar-refractivity contribution in [3.63, 3.8) is 0 Å². The molecule has 5 nitrogen and oxygen atoms in total. The van der Waals surface area contributed by atoms with Gasteiger partial charge in [-0.3, -0.25) is 4.79 Å². The van der Waals surface area contributed by atoms with Crippen LogP contribution in [0.25, 0.3) is 0 Å². The van der Waals surface area contributed by atoms with Gasteiger partial charge in [-0.1, -0.05) is 18.6 Å². The molecule has 1 aliphatic rings.